The van der Waals surface area contributed by atoms with Gasteiger partial charge in [-0.2, -0.15) is 0 Å². The molecule has 0 unspecified atom stereocenters. The lowest BCUT2D eigenvalue weighted by molar-refractivity contribution is -0.236. The zero-order valence-corrected chi connectivity index (χ0v) is 25.7. The maximum absolute atomic E-state index is 12.2. The minimum absolute atomic E-state index is 0.268. The number of unbranched alkanes of at least 4 members (excludes halogenated alkanes) is 13. The summed E-state index contributed by atoms with van der Waals surface area (Å²) in [5, 5.41) is 82.7. The predicted octanol–water partition coefficient (Wildman–Crippen LogP) is -0.940. The Hall–Kier alpha value is -1.46. The lowest BCUT2D eigenvalue weighted by Crippen LogP contribution is -2.63. The first-order valence-corrected chi connectivity index (χ1v) is 16.3. The van der Waals surface area contributed by atoms with Crippen LogP contribution < -0.4 is 10.6 Å². The molecule has 2 rings (SSSR count). The fourth-order valence-corrected chi connectivity index (χ4v) is 5.60. The Bertz CT molecular complexity index is 740. The minimum Gasteiger partial charge on any atom is -0.394 e. The number of ether oxygens (including phenoxy) is 2. The molecule has 2 saturated heterocycles. The van der Waals surface area contributed by atoms with E-state index in [1.54, 1.807) is 0 Å². The van der Waals surface area contributed by atoms with Crippen molar-refractivity contribution in [3.63, 3.8) is 0 Å². The van der Waals surface area contributed by atoms with Crippen LogP contribution in [-0.4, -0.2) is 127 Å². The monoisotopic (exact) mass is 636 g/mol. The Balaban J connectivity index is 1.36. The van der Waals surface area contributed by atoms with E-state index in [1.807, 2.05) is 0 Å². The lowest BCUT2D eigenvalue weighted by atomic mass is 9.98. The smallest absolute Gasteiger partial charge is 0.222 e. The third kappa shape index (κ3) is 13.1. The highest BCUT2D eigenvalue weighted by molar-refractivity contribution is 5.76. The van der Waals surface area contributed by atoms with Crippen LogP contribution in [-0.2, 0) is 19.1 Å². The van der Waals surface area contributed by atoms with Crippen molar-refractivity contribution in [3.8, 4) is 0 Å². The van der Waals surface area contributed by atoms with Crippen LogP contribution in [0.15, 0.2) is 0 Å². The van der Waals surface area contributed by atoms with E-state index in [9.17, 15) is 50.4 Å². The van der Waals surface area contributed by atoms with Crippen LogP contribution in [0.4, 0.5) is 0 Å². The molecule has 0 saturated carbocycles. The van der Waals surface area contributed by atoms with Crippen molar-refractivity contribution < 1.29 is 59.9 Å². The first-order valence-electron chi connectivity index (χ1n) is 16.3. The van der Waals surface area contributed by atoms with E-state index in [0.717, 1.165) is 51.4 Å². The Morgan fingerprint density at radius 2 is 0.705 bits per heavy atom. The summed E-state index contributed by atoms with van der Waals surface area (Å²) >= 11 is 0. The third-order valence-corrected chi connectivity index (χ3v) is 8.45. The molecular formula is C30H56N2O12. The highest BCUT2D eigenvalue weighted by Crippen LogP contribution is 2.21. The topological polar surface area (TPSA) is 238 Å². The van der Waals surface area contributed by atoms with Gasteiger partial charge in [0.1, 0.15) is 48.8 Å². The van der Waals surface area contributed by atoms with E-state index in [4.69, 9.17) is 9.47 Å². The molecule has 0 aromatic rings. The molecule has 10 atom stereocenters. The standard InChI is InChI=1S/C30H56N2O12/c33-17-19-23(37)25(39)27(41)29(43-19)31-21(35)15-13-11-9-7-5-3-1-2-4-6-8-10-12-14-16-22(36)32-30-28(42)26(40)24(38)20(18-34)44-30/h19-20,23-30,33-34,37-42H,1-18H2,(H,31,35)(H,32,36)/t19-,20-,23-,24-,25+,26+,27-,28-,29-,30-/m1/s1. The van der Waals surface area contributed by atoms with Gasteiger partial charge in [-0.1, -0.05) is 77.0 Å². The van der Waals surface area contributed by atoms with Crippen molar-refractivity contribution in [2.75, 3.05) is 13.2 Å². The molecule has 0 aromatic carbocycles. The van der Waals surface area contributed by atoms with E-state index in [1.165, 1.54) is 25.7 Å². The predicted molar refractivity (Wildman–Crippen MR) is 158 cm³/mol. The van der Waals surface area contributed by atoms with Gasteiger partial charge < -0.3 is 61.0 Å². The molecule has 2 aliphatic heterocycles. The fourth-order valence-electron chi connectivity index (χ4n) is 5.60. The van der Waals surface area contributed by atoms with E-state index >= 15 is 0 Å². The summed E-state index contributed by atoms with van der Waals surface area (Å²) in [6.45, 7) is -1.08. The van der Waals surface area contributed by atoms with Gasteiger partial charge in [0.15, 0.2) is 12.5 Å². The van der Waals surface area contributed by atoms with Crippen molar-refractivity contribution in [2.45, 2.75) is 164 Å². The van der Waals surface area contributed by atoms with Gasteiger partial charge in [0.2, 0.25) is 11.8 Å². The van der Waals surface area contributed by atoms with Crippen LogP contribution in [0.3, 0.4) is 0 Å². The maximum atomic E-state index is 12.2. The molecule has 44 heavy (non-hydrogen) atoms. The van der Waals surface area contributed by atoms with E-state index in [2.05, 4.69) is 10.6 Å². The number of amides is 2. The summed E-state index contributed by atoms with van der Waals surface area (Å²) < 4.78 is 10.6. The number of carbonyl (C=O) groups excluding carboxylic acids is 2. The zero-order chi connectivity index (χ0) is 32.5. The van der Waals surface area contributed by atoms with Crippen LogP contribution in [0.1, 0.15) is 103 Å². The molecule has 14 heteroatoms. The van der Waals surface area contributed by atoms with Crippen molar-refractivity contribution in [1.29, 1.82) is 0 Å². The molecule has 0 aliphatic carbocycles. The molecule has 14 nitrogen and oxygen atoms in total. The number of aliphatic hydroxyl groups excluding tert-OH is 8. The summed E-state index contributed by atoms with van der Waals surface area (Å²) in [4.78, 5) is 24.3. The van der Waals surface area contributed by atoms with Crippen molar-refractivity contribution in [3.05, 3.63) is 0 Å². The number of hydrogen-bond acceptors (Lipinski definition) is 12. The van der Waals surface area contributed by atoms with Crippen LogP contribution in [0.2, 0.25) is 0 Å². The molecule has 0 aromatic heterocycles. The van der Waals surface area contributed by atoms with Gasteiger partial charge in [0.05, 0.1) is 13.2 Å². The summed E-state index contributed by atoms with van der Waals surface area (Å²) in [6.07, 6.45) is 1.81. The highest BCUT2D eigenvalue weighted by atomic mass is 16.6. The van der Waals surface area contributed by atoms with Gasteiger partial charge in [-0.05, 0) is 12.8 Å². The third-order valence-electron chi connectivity index (χ3n) is 8.45. The van der Waals surface area contributed by atoms with E-state index in [-0.39, 0.29) is 24.7 Å². The number of carbonyl (C=O) groups is 2. The fraction of sp³-hybridized carbons (Fsp3) is 0.933. The molecule has 2 amide bonds. The molecule has 2 fully saturated rings. The molecule has 258 valence electrons. The minimum atomic E-state index is -1.51. The van der Waals surface area contributed by atoms with Gasteiger partial charge in [0, 0.05) is 12.8 Å². The van der Waals surface area contributed by atoms with Crippen LogP contribution in [0.25, 0.3) is 0 Å². The quantitative estimate of drug-likeness (QED) is 0.0687. The number of nitrogens with one attached hydrogen (secondary N) is 2. The lowest BCUT2D eigenvalue weighted by Gasteiger charge is -2.40. The van der Waals surface area contributed by atoms with Crippen molar-refractivity contribution >= 4 is 11.8 Å². The average molecular weight is 637 g/mol. The number of rotatable bonds is 21. The van der Waals surface area contributed by atoms with Gasteiger partial charge in [0.25, 0.3) is 0 Å². The summed E-state index contributed by atoms with van der Waals surface area (Å²) in [5.41, 5.74) is 0. The SMILES string of the molecule is O=C(CCCCCCCCCCCCCCCCC(=O)N[C@@H]1O[C@H](CO)[C@@H](O)[C@H](O)[C@H]1O)N[C@@H]1O[C@H](CO)[C@@H](O)[C@H](O)[C@H]1O. The van der Waals surface area contributed by atoms with Crippen molar-refractivity contribution in [2.24, 2.45) is 0 Å². The van der Waals surface area contributed by atoms with Gasteiger partial charge in [-0.3, -0.25) is 9.59 Å². The maximum Gasteiger partial charge on any atom is 0.222 e. The van der Waals surface area contributed by atoms with Crippen molar-refractivity contribution in [1.82, 2.24) is 10.6 Å². The van der Waals surface area contributed by atoms with Crippen LogP contribution in [0, 0.1) is 0 Å². The number of aliphatic hydroxyl groups is 8. The summed E-state index contributed by atoms with van der Waals surface area (Å²) in [5.74, 6) is -0.627. The van der Waals surface area contributed by atoms with Gasteiger partial charge >= 0.3 is 0 Å². The average Bonchev–Trinajstić information content (AvgIpc) is 3.01. The Morgan fingerprint density at radius 1 is 0.432 bits per heavy atom. The second kappa shape index (κ2) is 21.4. The molecule has 0 bridgehead atoms. The Kier molecular flexibility index (Phi) is 18.8. The molecule has 10 N–H and O–H groups in total. The highest BCUT2D eigenvalue weighted by Gasteiger charge is 2.45. The Morgan fingerprint density at radius 3 is 0.977 bits per heavy atom. The molecule has 0 radical (unpaired) electrons. The van der Waals surface area contributed by atoms with Crippen LogP contribution >= 0.6 is 0 Å². The first kappa shape index (κ1) is 38.7. The van der Waals surface area contributed by atoms with Gasteiger partial charge in [-0.25, -0.2) is 0 Å². The first-order chi connectivity index (χ1) is 21.1. The largest absolute Gasteiger partial charge is 0.394 e. The van der Waals surface area contributed by atoms with E-state index in [0.29, 0.717) is 12.8 Å². The molecular weight excluding hydrogens is 580 g/mol. The molecule has 0 spiro atoms. The van der Waals surface area contributed by atoms with Gasteiger partial charge in [-0.15, -0.1) is 0 Å². The van der Waals surface area contributed by atoms with Crippen LogP contribution in [0.5, 0.6) is 0 Å². The molecule has 2 aliphatic rings. The second-order valence-corrected chi connectivity index (χ2v) is 12.1. The molecule has 2 heterocycles. The normalized spacial score (nSPS) is 32.4. The summed E-state index contributed by atoms with van der Waals surface area (Å²) in [7, 11) is 0. The second-order valence-electron chi connectivity index (χ2n) is 12.1. The Labute approximate surface area is 259 Å². The zero-order valence-electron chi connectivity index (χ0n) is 25.7. The number of hydrogen-bond donors (Lipinski definition) is 10. The van der Waals surface area contributed by atoms with E-state index < -0.39 is 74.5 Å². The summed E-state index contributed by atoms with van der Waals surface area (Å²) in [6, 6.07) is 0.